The third-order valence-electron chi connectivity index (χ3n) is 6.77. The first kappa shape index (κ1) is 37.5. The monoisotopic (exact) mass is 654 g/mol. The van der Waals surface area contributed by atoms with E-state index in [2.05, 4.69) is 6.92 Å². The van der Waals surface area contributed by atoms with Gasteiger partial charge in [-0.05, 0) is 69.7 Å². The van der Waals surface area contributed by atoms with Gasteiger partial charge in [-0.3, -0.25) is 9.59 Å². The Morgan fingerprint density at radius 3 is 1.68 bits per heavy atom. The van der Waals surface area contributed by atoms with Gasteiger partial charge in [0.05, 0.1) is 31.1 Å². The van der Waals surface area contributed by atoms with Gasteiger partial charge in [-0.15, -0.1) is 0 Å². The van der Waals surface area contributed by atoms with Gasteiger partial charge in [-0.25, -0.2) is 9.13 Å². The van der Waals surface area contributed by atoms with E-state index in [0.717, 1.165) is 30.4 Å². The van der Waals surface area contributed by atoms with Crippen molar-refractivity contribution in [2.45, 2.75) is 79.1 Å². The van der Waals surface area contributed by atoms with Crippen molar-refractivity contribution in [1.29, 1.82) is 0 Å². The minimum absolute atomic E-state index is 0.0176. The van der Waals surface area contributed by atoms with Crippen LogP contribution in [0.4, 0.5) is 0 Å². The molecule has 0 aliphatic heterocycles. The van der Waals surface area contributed by atoms with E-state index in [-0.39, 0.29) is 74.7 Å². The van der Waals surface area contributed by atoms with Crippen molar-refractivity contribution in [1.82, 2.24) is 0 Å². The molecule has 0 aliphatic rings. The van der Waals surface area contributed by atoms with E-state index in [1.54, 1.807) is 13.8 Å². The normalized spacial score (nSPS) is 13.9. The van der Waals surface area contributed by atoms with Gasteiger partial charge >= 0.3 is 27.1 Å². The van der Waals surface area contributed by atoms with E-state index in [1.165, 1.54) is 14.2 Å². The van der Waals surface area contributed by atoms with Gasteiger partial charge in [0.25, 0.3) is 0 Å². The van der Waals surface area contributed by atoms with Crippen LogP contribution in [-0.4, -0.2) is 51.7 Å². The standard InChI is InChI=1S/C32H48O10P2/c1-7-10-11-16-26-23-28(41-43(35,37-5)20-13-18-30(33)39-8-2)32(27-17-12-15-25(4)22-27)29(24-26)42-44(36,38-6)21-14-19-31(34)40-9-3/h12,15,17,22-24H,7-11,13-14,16,18-21H2,1-6H3. The van der Waals surface area contributed by atoms with Crippen LogP contribution in [0.25, 0.3) is 11.1 Å². The molecule has 2 aromatic rings. The Morgan fingerprint density at radius 1 is 0.727 bits per heavy atom. The van der Waals surface area contributed by atoms with Crippen molar-refractivity contribution >= 4 is 27.1 Å². The number of aryl methyl sites for hydroxylation is 2. The fourth-order valence-corrected chi connectivity index (χ4v) is 7.22. The first-order valence-electron chi connectivity index (χ1n) is 15.3. The number of hydrogen-bond acceptors (Lipinski definition) is 10. The van der Waals surface area contributed by atoms with E-state index in [1.807, 2.05) is 43.3 Å². The summed E-state index contributed by atoms with van der Waals surface area (Å²) in [7, 11) is -4.86. The average Bonchev–Trinajstić information content (AvgIpc) is 2.97. The second-order valence-electron chi connectivity index (χ2n) is 10.3. The van der Waals surface area contributed by atoms with E-state index in [0.29, 0.717) is 17.5 Å². The lowest BCUT2D eigenvalue weighted by Gasteiger charge is -2.24. The van der Waals surface area contributed by atoms with Crippen LogP contribution in [0.1, 0.15) is 76.8 Å². The van der Waals surface area contributed by atoms with Crippen molar-refractivity contribution in [3.05, 3.63) is 47.5 Å². The van der Waals surface area contributed by atoms with Crippen LogP contribution in [0.3, 0.4) is 0 Å². The van der Waals surface area contributed by atoms with Gasteiger partial charge in [0, 0.05) is 27.1 Å². The largest absolute Gasteiger partial charge is 0.466 e. The molecule has 0 bridgehead atoms. The Morgan fingerprint density at radius 2 is 1.25 bits per heavy atom. The summed E-state index contributed by atoms with van der Waals surface area (Å²) < 4.78 is 60.9. The molecule has 0 aromatic heterocycles. The van der Waals surface area contributed by atoms with Crippen molar-refractivity contribution in [3.63, 3.8) is 0 Å². The van der Waals surface area contributed by atoms with Gasteiger partial charge in [0.2, 0.25) is 0 Å². The van der Waals surface area contributed by atoms with E-state index < -0.39 is 15.2 Å². The van der Waals surface area contributed by atoms with Crippen LogP contribution in [0.5, 0.6) is 11.5 Å². The third-order valence-corrected chi connectivity index (χ3v) is 10.6. The Balaban J connectivity index is 2.59. The minimum Gasteiger partial charge on any atom is -0.466 e. The molecular formula is C32H48O10P2. The third kappa shape index (κ3) is 12.4. The van der Waals surface area contributed by atoms with Crippen LogP contribution in [0.2, 0.25) is 0 Å². The fraction of sp³-hybridized carbons (Fsp3) is 0.562. The van der Waals surface area contributed by atoms with E-state index >= 15 is 0 Å². The lowest BCUT2D eigenvalue weighted by atomic mass is 9.98. The van der Waals surface area contributed by atoms with Crippen LogP contribution < -0.4 is 9.05 Å². The maximum Gasteiger partial charge on any atom is 0.378 e. The van der Waals surface area contributed by atoms with Crippen molar-refractivity contribution in [2.75, 3.05) is 39.8 Å². The minimum atomic E-state index is -3.74. The highest BCUT2D eigenvalue weighted by atomic mass is 31.2. The Labute approximate surface area is 262 Å². The molecule has 0 radical (unpaired) electrons. The summed E-state index contributed by atoms with van der Waals surface area (Å²) in [6.07, 6.45) is 4.18. The predicted octanol–water partition coefficient (Wildman–Crippen LogP) is 8.52. The predicted molar refractivity (Wildman–Crippen MR) is 172 cm³/mol. The second kappa shape index (κ2) is 19.0. The molecule has 0 heterocycles. The molecule has 2 unspecified atom stereocenters. The zero-order valence-corrected chi connectivity index (χ0v) is 28.7. The SMILES string of the molecule is CCCCCc1cc(OP(=O)(CCCC(=O)OCC)OC)c(-c2cccc(C)c2)c(OP(=O)(CCCC(=O)OCC)OC)c1. The molecule has 0 amide bonds. The highest BCUT2D eigenvalue weighted by Crippen LogP contribution is 2.56. The molecule has 2 aromatic carbocycles. The molecule has 0 spiro atoms. The summed E-state index contributed by atoms with van der Waals surface area (Å²) in [5.74, 6) is -0.282. The molecule has 2 rings (SSSR count). The van der Waals surface area contributed by atoms with Crippen LogP contribution in [-0.2, 0) is 43.7 Å². The first-order valence-corrected chi connectivity index (χ1v) is 18.7. The zero-order valence-electron chi connectivity index (χ0n) is 26.9. The lowest BCUT2D eigenvalue weighted by molar-refractivity contribution is -0.144. The molecular weight excluding hydrogens is 606 g/mol. The molecule has 44 heavy (non-hydrogen) atoms. The van der Waals surface area contributed by atoms with Gasteiger partial charge in [0.15, 0.2) is 0 Å². The average molecular weight is 655 g/mol. The van der Waals surface area contributed by atoms with Gasteiger partial charge in [-0.1, -0.05) is 49.6 Å². The Kier molecular flexibility index (Phi) is 16.2. The molecule has 12 heteroatoms. The van der Waals surface area contributed by atoms with Crippen molar-refractivity contribution < 1.29 is 46.3 Å². The fourth-order valence-electron chi connectivity index (χ4n) is 4.55. The molecule has 10 nitrogen and oxygen atoms in total. The zero-order chi connectivity index (χ0) is 32.6. The number of unbranched alkanes of at least 4 members (excludes halogenated alkanes) is 2. The lowest BCUT2D eigenvalue weighted by Crippen LogP contribution is -2.08. The Bertz CT molecular complexity index is 1240. The number of ether oxygens (including phenoxy) is 2. The smallest absolute Gasteiger partial charge is 0.378 e. The highest BCUT2D eigenvalue weighted by molar-refractivity contribution is 7.54. The summed E-state index contributed by atoms with van der Waals surface area (Å²) in [5, 5.41) is 0. The number of carbonyl (C=O) groups is 2. The number of esters is 2. The molecule has 246 valence electrons. The summed E-state index contributed by atoms with van der Waals surface area (Å²) in [6.45, 7) is 8.03. The second-order valence-corrected chi connectivity index (χ2v) is 14.8. The number of carbonyl (C=O) groups excluding carboxylic acids is 2. The quantitative estimate of drug-likeness (QED) is 0.0735. The van der Waals surface area contributed by atoms with Crippen LogP contribution in [0.15, 0.2) is 36.4 Å². The number of rotatable bonds is 21. The number of hydrogen-bond donors (Lipinski definition) is 0. The van der Waals surface area contributed by atoms with Gasteiger partial charge in [0.1, 0.15) is 11.5 Å². The maximum atomic E-state index is 13.9. The summed E-state index contributed by atoms with van der Waals surface area (Å²) in [4.78, 5) is 23.8. The molecule has 0 N–H and O–H groups in total. The van der Waals surface area contributed by atoms with Crippen molar-refractivity contribution in [2.24, 2.45) is 0 Å². The molecule has 2 atom stereocenters. The van der Waals surface area contributed by atoms with Crippen molar-refractivity contribution in [3.8, 4) is 22.6 Å². The number of benzene rings is 2. The molecule has 0 fully saturated rings. The van der Waals surface area contributed by atoms with E-state index in [9.17, 15) is 18.7 Å². The molecule has 0 saturated heterocycles. The van der Waals surface area contributed by atoms with Crippen LogP contribution in [0, 0.1) is 6.92 Å². The summed E-state index contributed by atoms with van der Waals surface area (Å²) >= 11 is 0. The summed E-state index contributed by atoms with van der Waals surface area (Å²) in [6, 6.07) is 11.2. The highest BCUT2D eigenvalue weighted by Gasteiger charge is 2.31. The summed E-state index contributed by atoms with van der Waals surface area (Å²) in [5.41, 5.74) is 2.93. The van der Waals surface area contributed by atoms with Gasteiger partial charge in [-0.2, -0.15) is 0 Å². The molecule has 0 aliphatic carbocycles. The van der Waals surface area contributed by atoms with E-state index in [4.69, 9.17) is 27.6 Å². The van der Waals surface area contributed by atoms with Crippen LogP contribution >= 0.6 is 15.2 Å². The molecule has 0 saturated carbocycles. The first-order chi connectivity index (χ1) is 21.0. The maximum absolute atomic E-state index is 13.9. The topological polar surface area (TPSA) is 124 Å². The Hall–Kier alpha value is -2.64. The van der Waals surface area contributed by atoms with Gasteiger partial charge < -0.3 is 27.6 Å².